The topological polar surface area (TPSA) is 99.1 Å². The lowest BCUT2D eigenvalue weighted by molar-refractivity contribution is -0.0511. The van der Waals surface area contributed by atoms with E-state index in [1.54, 1.807) is 0 Å². The van der Waals surface area contributed by atoms with Crippen molar-refractivity contribution < 1.29 is 14.2 Å². The molecule has 110 valence electrons. The van der Waals surface area contributed by atoms with Crippen LogP contribution in [0.5, 0.6) is 0 Å². The van der Waals surface area contributed by atoms with Crippen molar-refractivity contribution in [3.05, 3.63) is 0 Å². The quantitative estimate of drug-likeness (QED) is 0.505. The predicted molar refractivity (Wildman–Crippen MR) is 71.2 cm³/mol. The second-order valence-electron chi connectivity index (χ2n) is 4.11. The van der Waals surface area contributed by atoms with Crippen LogP contribution in [0.3, 0.4) is 0 Å². The van der Waals surface area contributed by atoms with Gasteiger partial charge in [-0.05, 0) is 6.42 Å². The van der Waals surface area contributed by atoms with Gasteiger partial charge >= 0.3 is 0 Å². The highest BCUT2D eigenvalue weighted by atomic mass is 16.5. The third-order valence-corrected chi connectivity index (χ3v) is 2.45. The summed E-state index contributed by atoms with van der Waals surface area (Å²) < 4.78 is 16.2. The van der Waals surface area contributed by atoms with E-state index in [1.807, 2.05) is 19.1 Å². The molecule has 0 amide bonds. The summed E-state index contributed by atoms with van der Waals surface area (Å²) >= 11 is 0. The fourth-order valence-electron chi connectivity index (χ4n) is 1.42. The van der Waals surface area contributed by atoms with Crippen LogP contribution in [0.2, 0.25) is 0 Å². The highest BCUT2D eigenvalue weighted by molar-refractivity contribution is 4.89. The van der Waals surface area contributed by atoms with Gasteiger partial charge in [-0.25, -0.2) is 0 Å². The van der Waals surface area contributed by atoms with Crippen LogP contribution in [-0.2, 0) is 14.2 Å². The van der Waals surface area contributed by atoms with Gasteiger partial charge in [-0.1, -0.05) is 6.92 Å². The summed E-state index contributed by atoms with van der Waals surface area (Å²) in [6.45, 7) is 3.65. The average Bonchev–Trinajstić information content (AvgIpc) is 2.47. The third-order valence-electron chi connectivity index (χ3n) is 2.45. The van der Waals surface area contributed by atoms with E-state index in [0.29, 0.717) is 32.7 Å². The first-order valence-electron chi connectivity index (χ1n) is 6.70. The molecule has 0 aromatic carbocycles. The number of nitriles is 3. The lowest BCUT2D eigenvalue weighted by Crippen LogP contribution is -2.32. The Kier molecular flexibility index (Phi) is 12.6. The third kappa shape index (κ3) is 9.30. The summed E-state index contributed by atoms with van der Waals surface area (Å²) in [5.74, 6) is -0.442. The smallest absolute Gasteiger partial charge is 0.0988 e. The Balaban J connectivity index is 4.20. The molecule has 0 rings (SSSR count). The van der Waals surface area contributed by atoms with Crippen molar-refractivity contribution in [1.82, 2.24) is 0 Å². The molecule has 2 unspecified atom stereocenters. The van der Waals surface area contributed by atoms with E-state index >= 15 is 0 Å². The maximum absolute atomic E-state index is 9.17. The van der Waals surface area contributed by atoms with E-state index in [-0.39, 0.29) is 19.3 Å². The Hall–Kier alpha value is -1.65. The summed E-state index contributed by atoms with van der Waals surface area (Å²) in [5.41, 5.74) is 0. The lowest BCUT2D eigenvalue weighted by atomic mass is 10.1. The van der Waals surface area contributed by atoms with Gasteiger partial charge in [-0.15, -0.1) is 0 Å². The Bertz CT molecular complexity index is 354. The van der Waals surface area contributed by atoms with Crippen molar-refractivity contribution in [2.75, 3.05) is 33.0 Å². The van der Waals surface area contributed by atoms with Crippen molar-refractivity contribution in [3.63, 3.8) is 0 Å². The van der Waals surface area contributed by atoms with Gasteiger partial charge < -0.3 is 14.2 Å². The van der Waals surface area contributed by atoms with Crippen LogP contribution in [0.1, 0.15) is 26.2 Å². The van der Waals surface area contributed by atoms with Gasteiger partial charge in [-0.3, -0.25) is 0 Å². The van der Waals surface area contributed by atoms with E-state index in [2.05, 4.69) is 6.07 Å². The van der Waals surface area contributed by atoms with E-state index in [4.69, 9.17) is 24.7 Å². The van der Waals surface area contributed by atoms with Crippen LogP contribution in [0, 0.1) is 39.9 Å². The SMILES string of the molecule is CCCOC(COCCC#N)C(C#N)COCCC#N. The highest BCUT2D eigenvalue weighted by Gasteiger charge is 2.22. The average molecular weight is 279 g/mol. The number of nitrogens with zero attached hydrogens (tertiary/aromatic N) is 3. The first-order chi connectivity index (χ1) is 9.79. The van der Waals surface area contributed by atoms with E-state index in [1.165, 1.54) is 0 Å². The Labute approximate surface area is 120 Å². The molecule has 0 spiro atoms. The van der Waals surface area contributed by atoms with Gasteiger partial charge in [0.2, 0.25) is 0 Å². The number of ether oxygens (including phenoxy) is 3. The molecule has 0 aliphatic carbocycles. The van der Waals surface area contributed by atoms with E-state index in [9.17, 15) is 5.26 Å². The maximum Gasteiger partial charge on any atom is 0.0988 e. The fourth-order valence-corrected chi connectivity index (χ4v) is 1.42. The molecule has 6 nitrogen and oxygen atoms in total. The normalized spacial score (nSPS) is 12.9. The summed E-state index contributed by atoms with van der Waals surface area (Å²) in [6.07, 6.45) is 1.09. The molecule has 0 heterocycles. The zero-order valence-corrected chi connectivity index (χ0v) is 11.9. The summed E-state index contributed by atoms with van der Waals surface area (Å²) in [4.78, 5) is 0. The monoisotopic (exact) mass is 279 g/mol. The standard InChI is InChI=1S/C14H21N3O3/c1-2-7-20-14(12-19-9-4-6-16)13(10-17)11-18-8-3-5-15/h13-14H,2-4,7-9,11-12H2,1H3. The van der Waals surface area contributed by atoms with Gasteiger partial charge in [-0.2, -0.15) is 15.8 Å². The molecule has 2 atom stereocenters. The minimum absolute atomic E-state index is 0.216. The molecule has 0 aromatic heterocycles. The first kappa shape index (κ1) is 18.4. The molecule has 0 aromatic rings. The summed E-state index contributed by atoms with van der Waals surface area (Å²) in [6, 6.07) is 6.12. The molecule has 0 aliphatic heterocycles. The summed E-state index contributed by atoms with van der Waals surface area (Å²) in [7, 11) is 0. The molecule has 0 saturated heterocycles. The Morgan fingerprint density at radius 2 is 1.50 bits per heavy atom. The van der Waals surface area contributed by atoms with Crippen molar-refractivity contribution in [1.29, 1.82) is 15.8 Å². The van der Waals surface area contributed by atoms with E-state index in [0.717, 1.165) is 6.42 Å². The molecular formula is C14H21N3O3. The largest absolute Gasteiger partial charge is 0.379 e. The van der Waals surface area contributed by atoms with Crippen LogP contribution in [0.15, 0.2) is 0 Å². The lowest BCUT2D eigenvalue weighted by Gasteiger charge is -2.22. The van der Waals surface area contributed by atoms with Gasteiger partial charge in [0, 0.05) is 6.61 Å². The second kappa shape index (κ2) is 13.8. The number of rotatable bonds is 12. The second-order valence-corrected chi connectivity index (χ2v) is 4.11. The molecule has 0 fully saturated rings. The predicted octanol–water partition coefficient (Wildman–Crippen LogP) is 1.78. The van der Waals surface area contributed by atoms with Crippen LogP contribution >= 0.6 is 0 Å². The van der Waals surface area contributed by atoms with Crippen LogP contribution < -0.4 is 0 Å². The fraction of sp³-hybridized carbons (Fsp3) is 0.786. The maximum atomic E-state index is 9.17. The number of hydrogen-bond donors (Lipinski definition) is 0. The Morgan fingerprint density at radius 3 is 2.00 bits per heavy atom. The van der Waals surface area contributed by atoms with Gasteiger partial charge in [0.25, 0.3) is 0 Å². The van der Waals surface area contributed by atoms with Gasteiger partial charge in [0.1, 0.15) is 0 Å². The molecule has 0 radical (unpaired) electrons. The van der Waals surface area contributed by atoms with Crippen LogP contribution in [0.25, 0.3) is 0 Å². The first-order valence-corrected chi connectivity index (χ1v) is 6.70. The minimum atomic E-state index is -0.442. The van der Waals surface area contributed by atoms with Gasteiger partial charge in [0.05, 0.1) is 69.5 Å². The molecule has 6 heteroatoms. The van der Waals surface area contributed by atoms with Crippen molar-refractivity contribution in [3.8, 4) is 18.2 Å². The molecule has 0 saturated carbocycles. The molecule has 0 bridgehead atoms. The van der Waals surface area contributed by atoms with Crippen molar-refractivity contribution >= 4 is 0 Å². The Morgan fingerprint density at radius 1 is 0.900 bits per heavy atom. The number of hydrogen-bond acceptors (Lipinski definition) is 6. The molecular weight excluding hydrogens is 258 g/mol. The van der Waals surface area contributed by atoms with E-state index < -0.39 is 5.92 Å². The zero-order chi connectivity index (χ0) is 15.1. The van der Waals surface area contributed by atoms with Gasteiger partial charge in [0.15, 0.2) is 0 Å². The van der Waals surface area contributed by atoms with Crippen LogP contribution in [0.4, 0.5) is 0 Å². The molecule has 0 N–H and O–H groups in total. The summed E-state index contributed by atoms with van der Waals surface area (Å²) in [5, 5.41) is 26.0. The van der Waals surface area contributed by atoms with Crippen molar-refractivity contribution in [2.45, 2.75) is 32.3 Å². The molecule has 20 heavy (non-hydrogen) atoms. The zero-order valence-electron chi connectivity index (χ0n) is 11.9. The van der Waals surface area contributed by atoms with Crippen molar-refractivity contribution in [2.24, 2.45) is 5.92 Å². The highest BCUT2D eigenvalue weighted by Crippen LogP contribution is 2.10. The minimum Gasteiger partial charge on any atom is -0.379 e. The van der Waals surface area contributed by atoms with Crippen LogP contribution in [-0.4, -0.2) is 39.1 Å². The molecule has 0 aliphatic rings.